The smallest absolute Gasteiger partial charge is 0.227 e. The van der Waals surface area contributed by atoms with Crippen LogP contribution in [0.25, 0.3) is 0 Å². The fourth-order valence-electron chi connectivity index (χ4n) is 2.32. The first-order valence-electron chi connectivity index (χ1n) is 6.67. The van der Waals surface area contributed by atoms with Crippen LogP contribution in [0.4, 0.5) is 5.69 Å². The summed E-state index contributed by atoms with van der Waals surface area (Å²) in [6.07, 6.45) is 0.163. The molecule has 0 aromatic heterocycles. The largest absolute Gasteiger partial charge is 0.495 e. The Hall–Kier alpha value is -1.53. The number of benzene rings is 1. The number of anilines is 1. The van der Waals surface area contributed by atoms with Crippen LogP contribution in [0.2, 0.25) is 5.02 Å². The molecular weight excluding hydrogens is 372 g/mol. The highest BCUT2D eigenvalue weighted by atomic mass is 79.9. The zero-order valence-electron chi connectivity index (χ0n) is 12.1. The van der Waals surface area contributed by atoms with Gasteiger partial charge in [0.05, 0.1) is 18.7 Å². The number of carbonyl (C=O) groups is 2. The lowest BCUT2D eigenvalue weighted by molar-refractivity contribution is -0.126. The van der Waals surface area contributed by atoms with Crippen molar-refractivity contribution in [3.63, 3.8) is 0 Å². The van der Waals surface area contributed by atoms with Crippen molar-refractivity contribution >= 4 is 45.0 Å². The highest BCUT2D eigenvalue weighted by Gasteiger charge is 2.36. The van der Waals surface area contributed by atoms with Gasteiger partial charge in [0.1, 0.15) is 5.75 Å². The number of rotatable bonds is 5. The first-order valence-corrected chi connectivity index (χ1v) is 7.84. The van der Waals surface area contributed by atoms with E-state index in [1.807, 2.05) is 0 Å². The Labute approximate surface area is 142 Å². The summed E-state index contributed by atoms with van der Waals surface area (Å²) in [7, 11) is 1.53. The minimum absolute atomic E-state index is 0.126. The topological polar surface area (TPSA) is 58.6 Å². The fraction of sp³-hybridized carbons (Fsp3) is 0.333. The molecule has 22 heavy (non-hydrogen) atoms. The summed E-state index contributed by atoms with van der Waals surface area (Å²) in [5.41, 5.74) is 0.584. The average molecular weight is 388 g/mol. The molecule has 0 spiro atoms. The predicted octanol–water partition coefficient (Wildman–Crippen LogP) is 2.73. The van der Waals surface area contributed by atoms with Crippen LogP contribution >= 0.6 is 27.5 Å². The molecule has 0 aliphatic carbocycles. The molecule has 1 unspecified atom stereocenters. The lowest BCUT2D eigenvalue weighted by Gasteiger charge is -2.19. The number of amides is 2. The van der Waals surface area contributed by atoms with E-state index in [1.54, 1.807) is 18.2 Å². The maximum Gasteiger partial charge on any atom is 0.227 e. The maximum atomic E-state index is 12.2. The van der Waals surface area contributed by atoms with Gasteiger partial charge in [0, 0.05) is 29.0 Å². The molecular formula is C15H16BrClN2O3. The van der Waals surface area contributed by atoms with Crippen LogP contribution in [0.1, 0.15) is 6.42 Å². The minimum Gasteiger partial charge on any atom is -0.495 e. The van der Waals surface area contributed by atoms with Gasteiger partial charge in [-0.15, -0.1) is 0 Å². The Morgan fingerprint density at radius 1 is 1.59 bits per heavy atom. The quantitative estimate of drug-likeness (QED) is 0.845. The molecule has 1 aromatic carbocycles. The third-order valence-corrected chi connectivity index (χ3v) is 3.90. The molecule has 2 amide bonds. The van der Waals surface area contributed by atoms with Gasteiger partial charge in [-0.05, 0) is 18.2 Å². The summed E-state index contributed by atoms with van der Waals surface area (Å²) in [6.45, 7) is 4.30. The van der Waals surface area contributed by atoms with Crippen LogP contribution in [0.5, 0.6) is 5.75 Å². The van der Waals surface area contributed by atoms with Gasteiger partial charge in [0.15, 0.2) is 0 Å². The van der Waals surface area contributed by atoms with E-state index >= 15 is 0 Å². The zero-order valence-corrected chi connectivity index (χ0v) is 14.4. The lowest BCUT2D eigenvalue weighted by Crippen LogP contribution is -2.33. The number of halogens is 2. The van der Waals surface area contributed by atoms with Crippen molar-refractivity contribution in [1.29, 1.82) is 0 Å². The first kappa shape index (κ1) is 16.8. The molecule has 1 saturated heterocycles. The number of nitrogens with one attached hydrogen (secondary N) is 1. The van der Waals surface area contributed by atoms with E-state index in [0.717, 1.165) is 0 Å². The summed E-state index contributed by atoms with van der Waals surface area (Å²) in [5, 5.41) is 3.24. The Balaban J connectivity index is 2.14. The van der Waals surface area contributed by atoms with Crippen molar-refractivity contribution in [3.05, 3.63) is 34.3 Å². The van der Waals surface area contributed by atoms with Crippen molar-refractivity contribution in [1.82, 2.24) is 5.32 Å². The number of hydrogen-bond donors (Lipinski definition) is 1. The summed E-state index contributed by atoms with van der Waals surface area (Å²) in [4.78, 5) is 25.9. The normalized spacial score (nSPS) is 17.5. The fourth-order valence-corrected chi connectivity index (χ4v) is 2.62. The summed E-state index contributed by atoms with van der Waals surface area (Å²) in [6, 6.07) is 5.06. The number of ether oxygens (including phenoxy) is 1. The Bertz CT molecular complexity index is 621. The van der Waals surface area contributed by atoms with E-state index in [-0.39, 0.29) is 18.2 Å². The number of carbonyl (C=O) groups excluding carboxylic acids is 2. The van der Waals surface area contributed by atoms with Gasteiger partial charge in [0.2, 0.25) is 11.8 Å². The lowest BCUT2D eigenvalue weighted by atomic mass is 10.1. The Morgan fingerprint density at radius 3 is 2.95 bits per heavy atom. The van der Waals surface area contributed by atoms with E-state index in [1.165, 1.54) is 12.0 Å². The molecule has 1 aliphatic heterocycles. The minimum atomic E-state index is -0.400. The summed E-state index contributed by atoms with van der Waals surface area (Å²) >= 11 is 9.18. The molecule has 1 aromatic rings. The molecule has 118 valence electrons. The third kappa shape index (κ3) is 3.81. The average Bonchev–Trinajstić information content (AvgIpc) is 2.86. The standard InChI is InChI=1S/C15H16BrClN2O3/c1-9(16)7-18-15(21)10-5-14(20)19(8-10)12-6-11(17)3-4-13(12)22-2/h3-4,6,10H,1,5,7-8H2,2H3,(H,18,21). The number of hydrogen-bond acceptors (Lipinski definition) is 3. The SMILES string of the molecule is C=C(Br)CNC(=O)C1CC(=O)N(c2cc(Cl)ccc2OC)C1. The molecule has 5 nitrogen and oxygen atoms in total. The molecule has 1 N–H and O–H groups in total. The van der Waals surface area contributed by atoms with Crippen LogP contribution in [-0.2, 0) is 9.59 Å². The van der Waals surface area contributed by atoms with Gasteiger partial charge >= 0.3 is 0 Å². The van der Waals surface area contributed by atoms with Gasteiger partial charge in [0.25, 0.3) is 0 Å². The highest BCUT2D eigenvalue weighted by molar-refractivity contribution is 9.11. The zero-order chi connectivity index (χ0) is 16.3. The first-order chi connectivity index (χ1) is 10.4. The van der Waals surface area contributed by atoms with E-state index in [9.17, 15) is 9.59 Å². The van der Waals surface area contributed by atoms with Gasteiger partial charge in [-0.25, -0.2) is 0 Å². The van der Waals surface area contributed by atoms with Crippen LogP contribution in [-0.4, -0.2) is 32.0 Å². The Kier molecular flexibility index (Phi) is 5.47. The predicted molar refractivity (Wildman–Crippen MR) is 89.5 cm³/mol. The van der Waals surface area contributed by atoms with Gasteiger partial charge in [-0.1, -0.05) is 34.1 Å². The van der Waals surface area contributed by atoms with Gasteiger partial charge in [-0.2, -0.15) is 0 Å². The van der Waals surface area contributed by atoms with Crippen LogP contribution in [0.15, 0.2) is 29.3 Å². The third-order valence-electron chi connectivity index (χ3n) is 3.38. The second kappa shape index (κ2) is 7.15. The molecule has 1 aliphatic rings. The summed E-state index contributed by atoms with van der Waals surface area (Å²) < 4.78 is 5.94. The maximum absolute atomic E-state index is 12.2. The Morgan fingerprint density at radius 2 is 2.32 bits per heavy atom. The van der Waals surface area contributed by atoms with Gasteiger partial charge < -0.3 is 15.0 Å². The van der Waals surface area contributed by atoms with Crippen LogP contribution in [0, 0.1) is 5.92 Å². The molecule has 7 heteroatoms. The molecule has 2 rings (SSSR count). The van der Waals surface area contributed by atoms with Crippen molar-refractivity contribution in [2.75, 3.05) is 25.1 Å². The van der Waals surface area contributed by atoms with E-state index in [2.05, 4.69) is 27.8 Å². The molecule has 0 saturated carbocycles. The molecule has 1 atom stereocenters. The van der Waals surface area contributed by atoms with Crippen molar-refractivity contribution in [3.8, 4) is 5.75 Å². The molecule has 0 bridgehead atoms. The second-order valence-corrected chi connectivity index (χ2v) is 6.51. The summed E-state index contributed by atoms with van der Waals surface area (Å²) in [5.74, 6) is -0.147. The number of nitrogens with zero attached hydrogens (tertiary/aromatic N) is 1. The number of methoxy groups -OCH3 is 1. The van der Waals surface area contributed by atoms with Crippen LogP contribution < -0.4 is 15.0 Å². The van der Waals surface area contributed by atoms with E-state index in [0.29, 0.717) is 34.0 Å². The van der Waals surface area contributed by atoms with Crippen molar-refractivity contribution in [2.45, 2.75) is 6.42 Å². The van der Waals surface area contributed by atoms with E-state index < -0.39 is 5.92 Å². The molecule has 1 fully saturated rings. The van der Waals surface area contributed by atoms with E-state index in [4.69, 9.17) is 16.3 Å². The monoisotopic (exact) mass is 386 g/mol. The molecule has 0 radical (unpaired) electrons. The van der Waals surface area contributed by atoms with Crippen LogP contribution in [0.3, 0.4) is 0 Å². The molecule has 1 heterocycles. The van der Waals surface area contributed by atoms with Crippen molar-refractivity contribution < 1.29 is 14.3 Å². The van der Waals surface area contributed by atoms with Gasteiger partial charge in [-0.3, -0.25) is 9.59 Å². The highest BCUT2D eigenvalue weighted by Crippen LogP contribution is 2.35. The van der Waals surface area contributed by atoms with Crippen molar-refractivity contribution in [2.24, 2.45) is 5.92 Å². The second-order valence-electron chi connectivity index (χ2n) is 4.96.